The molecule has 0 spiro atoms. The molecule has 7 unspecified atom stereocenters. The normalized spacial score (nSPS) is 11.8. The van der Waals surface area contributed by atoms with E-state index in [2.05, 4.69) is 101 Å². The maximum atomic E-state index is 12.2. The number of rotatable bonds is 48. The van der Waals surface area contributed by atoms with Crippen LogP contribution in [0.5, 0.6) is 0 Å². The summed E-state index contributed by atoms with van der Waals surface area (Å²) in [4.78, 5) is 166. The lowest BCUT2D eigenvalue weighted by atomic mass is 9.95. The third kappa shape index (κ3) is 76.8. The summed E-state index contributed by atoms with van der Waals surface area (Å²) in [6.07, 6.45) is 4.12. The van der Waals surface area contributed by atoms with Crippen molar-refractivity contribution < 1.29 is 77.0 Å². The van der Waals surface area contributed by atoms with E-state index in [1.807, 2.05) is 14.0 Å². The number of likely N-dealkylation sites (N-methyl/N-ethyl adjacent to an activating group) is 5. The highest BCUT2D eigenvalue weighted by molar-refractivity contribution is 5.91. The average molecular weight is 1520 g/mol. The molecule has 12 amide bonds. The smallest absolute Gasteiger partial charge is 0.304 e. The zero-order valence-corrected chi connectivity index (χ0v) is 65.0. The number of ketones is 2. The molecule has 0 aliphatic heterocycles. The summed E-state index contributed by atoms with van der Waals surface area (Å²) in [7, 11) is 23.5. The number of hydrogen-bond donors (Lipinski definition) is 27. The van der Waals surface area contributed by atoms with Gasteiger partial charge >= 0.3 is 5.97 Å². The minimum atomic E-state index is -0.771. The van der Waals surface area contributed by atoms with Crippen LogP contribution in [0.1, 0.15) is 84.0 Å². The van der Waals surface area contributed by atoms with Crippen molar-refractivity contribution in [2.24, 2.45) is 52.0 Å². The molecule has 105 heavy (non-hydrogen) atoms. The van der Waals surface area contributed by atoms with Crippen molar-refractivity contribution >= 4 is 88.4 Å². The Morgan fingerprint density at radius 3 is 0.924 bits per heavy atom. The zero-order chi connectivity index (χ0) is 82.5. The lowest BCUT2D eigenvalue weighted by Crippen LogP contribution is -2.48. The van der Waals surface area contributed by atoms with Crippen LogP contribution < -0.4 is 141 Å². The fraction of sp³-hybridized carbons (Fsp3) is 0.762. The van der Waals surface area contributed by atoms with Crippen molar-refractivity contribution in [2.75, 3.05) is 190 Å². The predicted molar refractivity (Wildman–Crippen MR) is 405 cm³/mol. The SMILES string of the molecule is CCCC(NC)C(=O)CC(CNC)C(=O)NCCC(N)=O.CNC(=O)CCN.CNC(=O)CCNC(=O)C(CN)CC(=O)C(N)CN.CNC(=O)CCNC(=O)C(N)CN.CNCC(NC)C(=O)NCCC(=O)NC.CNCC(NC)C(=O)NCCC(=O)NC.CNCCC(=O)NC.CNCCC(=O)O. The van der Waals surface area contributed by atoms with Crippen LogP contribution in [0.4, 0.5) is 0 Å². The van der Waals surface area contributed by atoms with E-state index in [1.165, 1.54) is 14.1 Å². The summed E-state index contributed by atoms with van der Waals surface area (Å²) in [6, 6.07) is -2.20. The molecule has 0 bridgehead atoms. The van der Waals surface area contributed by atoms with Crippen molar-refractivity contribution in [2.45, 2.75) is 114 Å². The highest BCUT2D eigenvalue weighted by Crippen LogP contribution is 2.09. The maximum absolute atomic E-state index is 12.2. The number of Topliss-reactive ketones (excluding diaryl/α,β-unsaturated/α-hetero) is 2. The fourth-order valence-corrected chi connectivity index (χ4v) is 7.14. The molecule has 0 aromatic rings. The molecule has 34 N–H and O–H groups in total. The molecule has 42 nitrogen and oxygen atoms in total. The number of carboxylic acids is 1. The summed E-state index contributed by atoms with van der Waals surface area (Å²) < 4.78 is 0. The van der Waals surface area contributed by atoms with Gasteiger partial charge in [0.15, 0.2) is 11.6 Å². The molecule has 0 aromatic heterocycles. The van der Waals surface area contributed by atoms with Gasteiger partial charge in [0.2, 0.25) is 70.9 Å². The molecule has 0 aliphatic rings. The molecule has 0 aromatic carbocycles. The summed E-state index contributed by atoms with van der Waals surface area (Å²) in [5, 5.41) is 58.9. The van der Waals surface area contributed by atoms with Gasteiger partial charge in [0.25, 0.3) is 0 Å². The van der Waals surface area contributed by atoms with Crippen molar-refractivity contribution in [3.63, 3.8) is 0 Å². The number of carboxylic acid groups (broad SMARTS) is 1. The number of amides is 12. The molecule has 0 radical (unpaired) electrons. The second-order valence-corrected chi connectivity index (χ2v) is 22.0. The highest BCUT2D eigenvalue weighted by atomic mass is 16.4. The Balaban J connectivity index is -0.000000175. The van der Waals surface area contributed by atoms with Crippen molar-refractivity contribution in [3.05, 3.63) is 0 Å². The van der Waals surface area contributed by atoms with Crippen molar-refractivity contribution in [3.8, 4) is 0 Å². The molecule has 7 atom stereocenters. The third-order valence-electron chi connectivity index (χ3n) is 13.6. The molecule has 0 saturated heterocycles. The molecular formula is C63H138N26O16. The van der Waals surface area contributed by atoms with Crippen LogP contribution in [0.2, 0.25) is 0 Å². The number of hydrogen-bond acceptors (Lipinski definition) is 29. The summed E-state index contributed by atoms with van der Waals surface area (Å²) in [5.41, 5.74) is 36.8. The Bertz CT molecular complexity index is 2310. The Labute approximate surface area is 620 Å². The monoisotopic (exact) mass is 1520 g/mol. The number of primary amides is 1. The van der Waals surface area contributed by atoms with Crippen LogP contribution in [-0.4, -0.2) is 314 Å². The summed E-state index contributed by atoms with van der Waals surface area (Å²) >= 11 is 0. The number of nitrogens with two attached hydrogens (primary N) is 7. The van der Waals surface area contributed by atoms with Crippen molar-refractivity contribution in [1.29, 1.82) is 0 Å². The Morgan fingerprint density at radius 1 is 0.333 bits per heavy atom. The Kier molecular flexibility index (Phi) is 87.6. The first-order valence-electron chi connectivity index (χ1n) is 34.5. The van der Waals surface area contributed by atoms with Gasteiger partial charge in [-0.2, -0.15) is 0 Å². The van der Waals surface area contributed by atoms with E-state index in [9.17, 15) is 71.9 Å². The average Bonchev–Trinajstić information content (AvgIpc) is 0.906. The molecule has 0 heterocycles. The van der Waals surface area contributed by atoms with Gasteiger partial charge in [0.1, 0.15) is 0 Å². The molecule has 616 valence electrons. The van der Waals surface area contributed by atoms with E-state index in [-0.39, 0.29) is 172 Å². The zero-order valence-electron chi connectivity index (χ0n) is 65.0. The van der Waals surface area contributed by atoms with Gasteiger partial charge < -0.3 is 146 Å². The van der Waals surface area contributed by atoms with E-state index < -0.39 is 35.8 Å². The maximum Gasteiger partial charge on any atom is 0.304 e. The van der Waals surface area contributed by atoms with Gasteiger partial charge in [-0.3, -0.25) is 71.9 Å². The number of aliphatic carboxylic acids is 1. The first kappa shape index (κ1) is 113. The Morgan fingerprint density at radius 2 is 0.648 bits per heavy atom. The quantitative estimate of drug-likeness (QED) is 0.0269. The van der Waals surface area contributed by atoms with E-state index in [0.717, 1.165) is 19.4 Å². The second-order valence-electron chi connectivity index (χ2n) is 22.0. The minimum Gasteiger partial charge on any atom is -0.481 e. The van der Waals surface area contributed by atoms with Crippen LogP contribution in [-0.2, 0) is 71.9 Å². The predicted octanol–water partition coefficient (Wildman–Crippen LogP) is -12.1. The van der Waals surface area contributed by atoms with Gasteiger partial charge in [-0.1, -0.05) is 13.3 Å². The van der Waals surface area contributed by atoms with Crippen LogP contribution in [0, 0.1) is 11.8 Å². The second kappa shape index (κ2) is 81.6. The van der Waals surface area contributed by atoms with Crippen molar-refractivity contribution in [1.82, 2.24) is 101 Å². The van der Waals surface area contributed by atoms with E-state index >= 15 is 0 Å². The first-order chi connectivity index (χ1) is 49.7. The van der Waals surface area contributed by atoms with Gasteiger partial charge in [-0.15, -0.1) is 0 Å². The molecular weight excluding hydrogens is 1380 g/mol. The Hall–Kier alpha value is -8.11. The van der Waals surface area contributed by atoms with Crippen LogP contribution in [0.25, 0.3) is 0 Å². The van der Waals surface area contributed by atoms with Gasteiger partial charge in [-0.05, 0) is 62.8 Å². The number of nitrogens with one attached hydrogen (secondary N) is 19. The minimum absolute atomic E-state index is 0.00231. The van der Waals surface area contributed by atoms with E-state index in [4.69, 9.17) is 45.2 Å². The largest absolute Gasteiger partial charge is 0.481 e. The van der Waals surface area contributed by atoms with Crippen LogP contribution in [0.15, 0.2) is 0 Å². The number of carbonyl (C=O) groups excluding carboxylic acids is 14. The lowest BCUT2D eigenvalue weighted by molar-refractivity contribution is -0.137. The standard InChI is InChI=1S/C14H28N4O3.C11H23N5O3.2C9H20N4O2.C7H16N4O2.C5H12N2O.C4H10N2O.C4H9NO2/c1-4-5-11(17-3)12(19)8-10(9-16-2)14(21)18-7-6-13(15)20;1-15-10(18)2-3-16-11(19)7(5-12)4-9(17)8(14)6-13;2*1-10-6-7(11-2)9(15)13-5-4-8(14)12-3;1-10-6(12)2-3-11-7(13)5(9)4-8;1-6-4-3-5(8)7-2;1-6-4(7)2-3-5;1-5-3-2-4(6)7/h10-11,16-17H,4-9H2,1-3H3,(H2,15,20)(H,18,21);7-8H,2-6,12-14H2,1H3,(H,15,18)(H,16,19);2*7,10-11H,4-6H2,1-3H3,(H,12,14)(H,13,15);5H,2-4,8-9H2,1H3,(H,10,12)(H,11,13);6H,3-4H2,1-2H3,(H,7,8);2-3,5H2,1H3,(H,6,7);5H,2-3H2,1H3,(H,6,7). The van der Waals surface area contributed by atoms with Crippen LogP contribution in [0.3, 0.4) is 0 Å². The van der Waals surface area contributed by atoms with Gasteiger partial charge in [0.05, 0.1) is 48.5 Å². The molecule has 0 rings (SSSR count). The summed E-state index contributed by atoms with van der Waals surface area (Å²) in [6.45, 7) is 6.86. The highest BCUT2D eigenvalue weighted by Gasteiger charge is 2.26. The van der Waals surface area contributed by atoms with Crippen LogP contribution >= 0.6 is 0 Å². The van der Waals surface area contributed by atoms with Gasteiger partial charge in [0, 0.05) is 192 Å². The van der Waals surface area contributed by atoms with Gasteiger partial charge in [-0.25, -0.2) is 0 Å². The molecule has 0 aliphatic carbocycles. The molecule has 42 heteroatoms. The molecule has 0 saturated carbocycles. The summed E-state index contributed by atoms with van der Waals surface area (Å²) in [5.74, 6) is -4.05. The lowest BCUT2D eigenvalue weighted by Gasteiger charge is -2.19. The molecule has 0 fully saturated rings. The first-order valence-corrected chi connectivity index (χ1v) is 34.5. The number of carbonyl (C=O) groups is 15. The fourth-order valence-electron chi connectivity index (χ4n) is 7.14. The third-order valence-corrected chi connectivity index (χ3v) is 13.6. The topological polar surface area (TPSA) is 687 Å². The van der Waals surface area contributed by atoms with E-state index in [1.54, 1.807) is 77.5 Å². The van der Waals surface area contributed by atoms with E-state index in [0.29, 0.717) is 71.5 Å².